The molecule has 3 nitrogen and oxygen atoms in total. The molecule has 168 valence electrons. The fourth-order valence-electron chi connectivity index (χ4n) is 8.95. The lowest BCUT2D eigenvalue weighted by atomic mass is 9.52. The lowest BCUT2D eigenvalue weighted by molar-refractivity contribution is -0.129. The summed E-state index contributed by atoms with van der Waals surface area (Å²) in [6.45, 7) is 10.6. The summed E-state index contributed by atoms with van der Waals surface area (Å²) < 4.78 is 0. The highest BCUT2D eigenvalue weighted by molar-refractivity contribution is 5.79. The molecule has 1 aliphatic heterocycles. The van der Waals surface area contributed by atoms with Gasteiger partial charge in [-0.05, 0) is 105 Å². The van der Waals surface area contributed by atoms with E-state index in [4.69, 9.17) is 0 Å². The van der Waals surface area contributed by atoms with Crippen molar-refractivity contribution in [3.63, 3.8) is 0 Å². The second kappa shape index (κ2) is 7.73. The van der Waals surface area contributed by atoms with E-state index in [1.807, 2.05) is 0 Å². The average Bonchev–Trinajstić information content (AvgIpc) is 3.09. The van der Waals surface area contributed by atoms with E-state index in [0.717, 1.165) is 50.0 Å². The Balaban J connectivity index is 1.38. The summed E-state index contributed by atoms with van der Waals surface area (Å²) >= 11 is 0. The molecule has 3 saturated carbocycles. The second-order valence-corrected chi connectivity index (χ2v) is 12.2. The van der Waals surface area contributed by atoms with Crippen molar-refractivity contribution in [3.05, 3.63) is 11.1 Å². The minimum absolute atomic E-state index is 0.204. The van der Waals surface area contributed by atoms with Gasteiger partial charge in [-0.25, -0.2) is 0 Å². The molecule has 1 saturated heterocycles. The predicted octanol–water partition coefficient (Wildman–Crippen LogP) is 5.13. The second-order valence-electron chi connectivity index (χ2n) is 12.2. The van der Waals surface area contributed by atoms with Crippen molar-refractivity contribution in [1.82, 2.24) is 5.32 Å². The molecule has 4 fully saturated rings. The van der Waals surface area contributed by atoms with Crippen molar-refractivity contribution in [1.29, 1.82) is 0 Å². The van der Waals surface area contributed by atoms with E-state index < -0.39 is 0 Å². The zero-order chi connectivity index (χ0) is 21.2. The summed E-state index contributed by atoms with van der Waals surface area (Å²) in [6, 6.07) is 0.244. The summed E-state index contributed by atoms with van der Waals surface area (Å²) in [4.78, 5) is 12.1. The maximum atomic E-state index is 12.1. The van der Waals surface area contributed by atoms with E-state index in [1.54, 1.807) is 11.1 Å². The SMILES string of the molecule is CC1=C2C[C@H]3[C@@H](CC[C@@H]4CC(=O)CC[C@@]43C)[C@@H]2CC[C@H]1[C@H](C)[C@@H]1NC[C@@H](C)C[C@H]1O. The van der Waals surface area contributed by atoms with Gasteiger partial charge in [0.1, 0.15) is 5.78 Å². The zero-order valence-electron chi connectivity index (χ0n) is 19.6. The molecule has 0 aromatic heterocycles. The maximum absolute atomic E-state index is 12.1. The fourth-order valence-corrected chi connectivity index (χ4v) is 8.95. The Kier molecular flexibility index (Phi) is 5.46. The van der Waals surface area contributed by atoms with Crippen LogP contribution in [0.4, 0.5) is 0 Å². The zero-order valence-corrected chi connectivity index (χ0v) is 19.6. The summed E-state index contributed by atoms with van der Waals surface area (Å²) in [5, 5.41) is 14.4. The van der Waals surface area contributed by atoms with Gasteiger partial charge in [0.25, 0.3) is 0 Å². The lowest BCUT2D eigenvalue weighted by Gasteiger charge is -2.52. The number of hydrogen-bond donors (Lipinski definition) is 2. The number of nitrogens with one attached hydrogen (secondary N) is 1. The molecule has 0 amide bonds. The van der Waals surface area contributed by atoms with Crippen LogP contribution in [0.2, 0.25) is 0 Å². The van der Waals surface area contributed by atoms with E-state index in [9.17, 15) is 9.90 Å². The van der Waals surface area contributed by atoms with Crippen LogP contribution in [0.5, 0.6) is 0 Å². The van der Waals surface area contributed by atoms with Crippen molar-refractivity contribution < 1.29 is 9.90 Å². The number of carbonyl (C=O) groups is 1. The van der Waals surface area contributed by atoms with E-state index in [1.165, 1.54) is 32.1 Å². The number of ketones is 1. The minimum atomic E-state index is -0.204. The van der Waals surface area contributed by atoms with Crippen molar-refractivity contribution in [3.8, 4) is 0 Å². The van der Waals surface area contributed by atoms with Crippen molar-refractivity contribution in [2.24, 2.45) is 46.8 Å². The Morgan fingerprint density at radius 3 is 2.73 bits per heavy atom. The van der Waals surface area contributed by atoms with E-state index in [2.05, 4.69) is 33.0 Å². The van der Waals surface area contributed by atoms with Crippen LogP contribution in [-0.2, 0) is 4.79 Å². The Morgan fingerprint density at radius 2 is 1.97 bits per heavy atom. The number of rotatable bonds is 2. The molecule has 0 bridgehead atoms. The van der Waals surface area contributed by atoms with Crippen molar-refractivity contribution >= 4 is 5.78 Å². The van der Waals surface area contributed by atoms with Gasteiger partial charge in [0, 0.05) is 18.9 Å². The van der Waals surface area contributed by atoms with Crippen LogP contribution in [0.3, 0.4) is 0 Å². The van der Waals surface area contributed by atoms with Gasteiger partial charge in [-0.15, -0.1) is 0 Å². The molecule has 2 N–H and O–H groups in total. The molecule has 3 heteroatoms. The van der Waals surface area contributed by atoms with Crippen LogP contribution in [0.1, 0.15) is 85.5 Å². The maximum Gasteiger partial charge on any atom is 0.133 e. The van der Waals surface area contributed by atoms with Crippen LogP contribution in [0.15, 0.2) is 11.1 Å². The molecule has 0 spiro atoms. The smallest absolute Gasteiger partial charge is 0.133 e. The van der Waals surface area contributed by atoms with Gasteiger partial charge in [0.2, 0.25) is 0 Å². The van der Waals surface area contributed by atoms with E-state index >= 15 is 0 Å². The highest BCUT2D eigenvalue weighted by atomic mass is 16.3. The predicted molar refractivity (Wildman–Crippen MR) is 121 cm³/mol. The Hall–Kier alpha value is -0.670. The molecule has 0 unspecified atom stereocenters. The van der Waals surface area contributed by atoms with Crippen molar-refractivity contribution in [2.45, 2.75) is 97.6 Å². The highest BCUT2D eigenvalue weighted by Gasteiger charge is 2.56. The number of carbonyl (C=O) groups excluding carboxylic acids is 1. The topological polar surface area (TPSA) is 49.3 Å². The van der Waals surface area contributed by atoms with Gasteiger partial charge in [0.15, 0.2) is 0 Å². The quantitative estimate of drug-likeness (QED) is 0.617. The average molecular weight is 414 g/mol. The normalized spacial score (nSPS) is 50.0. The van der Waals surface area contributed by atoms with E-state index in [-0.39, 0.29) is 12.1 Å². The minimum Gasteiger partial charge on any atom is -0.391 e. The van der Waals surface area contributed by atoms with Gasteiger partial charge in [-0.1, -0.05) is 31.9 Å². The largest absolute Gasteiger partial charge is 0.391 e. The first kappa shape index (κ1) is 21.2. The van der Waals surface area contributed by atoms with Crippen LogP contribution in [0, 0.1) is 46.8 Å². The number of hydrogen-bond acceptors (Lipinski definition) is 3. The van der Waals surface area contributed by atoms with Gasteiger partial charge in [-0.2, -0.15) is 0 Å². The standard InChI is InChI=1S/C27H43NO2/c1-15-11-25(30)26(28-14-15)17(3)20-7-8-21-22-6-5-18-12-19(29)9-10-27(18,4)24(22)13-23(21)16(20)2/h15,17-18,20-22,24-26,28,30H,5-14H2,1-4H3/t15-,17-,18+,20+,21-,22-,24-,25+,26-,27-/m0/s1. The van der Waals surface area contributed by atoms with E-state index in [0.29, 0.717) is 34.9 Å². The Labute approximate surface area is 183 Å². The number of allylic oxidation sites excluding steroid dienone is 2. The van der Waals surface area contributed by atoms with Gasteiger partial charge in [-0.3, -0.25) is 4.79 Å². The van der Waals surface area contributed by atoms with Gasteiger partial charge < -0.3 is 10.4 Å². The molecule has 10 atom stereocenters. The van der Waals surface area contributed by atoms with Crippen LogP contribution in [0.25, 0.3) is 0 Å². The van der Waals surface area contributed by atoms with Crippen LogP contribution in [-0.4, -0.2) is 29.6 Å². The summed E-state index contributed by atoms with van der Waals surface area (Å²) in [6.07, 6.45) is 10.1. The molecule has 5 rings (SSSR count). The number of piperidine rings is 1. The lowest BCUT2D eigenvalue weighted by Crippen LogP contribution is -2.53. The number of aliphatic hydroxyl groups is 1. The fraction of sp³-hybridized carbons (Fsp3) is 0.889. The number of fused-ring (bicyclic) bond motifs is 5. The molecule has 4 aliphatic carbocycles. The van der Waals surface area contributed by atoms with Crippen LogP contribution >= 0.6 is 0 Å². The third kappa shape index (κ3) is 3.25. The monoisotopic (exact) mass is 413 g/mol. The summed E-state index contributed by atoms with van der Waals surface area (Å²) in [5.74, 6) is 5.31. The molecule has 5 aliphatic rings. The highest BCUT2D eigenvalue weighted by Crippen LogP contribution is 2.64. The first-order valence-electron chi connectivity index (χ1n) is 12.9. The molecule has 1 heterocycles. The molecule has 0 aromatic rings. The van der Waals surface area contributed by atoms with Crippen LogP contribution < -0.4 is 5.32 Å². The number of Topliss-reactive ketones (excluding diaryl/α,β-unsaturated/α-hetero) is 1. The molecule has 30 heavy (non-hydrogen) atoms. The molecule has 0 aromatic carbocycles. The first-order chi connectivity index (χ1) is 14.3. The van der Waals surface area contributed by atoms with Gasteiger partial charge >= 0.3 is 0 Å². The summed E-state index contributed by atoms with van der Waals surface area (Å²) in [5.41, 5.74) is 3.86. The molecular weight excluding hydrogens is 370 g/mol. The first-order valence-corrected chi connectivity index (χ1v) is 12.9. The number of aliphatic hydroxyl groups excluding tert-OH is 1. The Morgan fingerprint density at radius 1 is 1.17 bits per heavy atom. The Bertz CT molecular complexity index is 728. The molecule has 0 radical (unpaired) electrons. The third-order valence-corrected chi connectivity index (χ3v) is 10.8. The molecular formula is C27H43NO2. The van der Waals surface area contributed by atoms with Crippen molar-refractivity contribution in [2.75, 3.05) is 6.54 Å². The van der Waals surface area contributed by atoms with Gasteiger partial charge in [0.05, 0.1) is 6.10 Å². The third-order valence-electron chi connectivity index (χ3n) is 10.8. The summed E-state index contributed by atoms with van der Waals surface area (Å²) in [7, 11) is 0.